The van der Waals surface area contributed by atoms with E-state index in [-0.39, 0.29) is 22.2 Å². The highest BCUT2D eigenvalue weighted by Crippen LogP contribution is 2.27. The van der Waals surface area contributed by atoms with Crippen LogP contribution in [-0.2, 0) is 24.7 Å². The molecule has 1 unspecified atom stereocenters. The number of nitrogens with one attached hydrogen (secondary N) is 1. The molecule has 9 heteroatoms. The molecule has 1 aromatic rings. The first-order chi connectivity index (χ1) is 11.2. The molecule has 134 valence electrons. The van der Waals surface area contributed by atoms with Crippen LogP contribution in [-0.4, -0.2) is 52.4 Å². The number of rotatable bonds is 6. The van der Waals surface area contributed by atoms with Gasteiger partial charge in [0, 0.05) is 19.3 Å². The Labute approximate surface area is 143 Å². The number of nitrogens with zero attached hydrogens (tertiary/aromatic N) is 1. The van der Waals surface area contributed by atoms with Crippen LogP contribution >= 0.6 is 0 Å². The first kappa shape index (κ1) is 18.9. The van der Waals surface area contributed by atoms with Crippen molar-refractivity contribution in [3.05, 3.63) is 24.3 Å². The van der Waals surface area contributed by atoms with Gasteiger partial charge in [0.1, 0.15) is 6.04 Å². The van der Waals surface area contributed by atoms with Crippen molar-refractivity contribution in [2.75, 3.05) is 19.3 Å². The zero-order valence-corrected chi connectivity index (χ0v) is 15.4. The second-order valence-corrected chi connectivity index (χ2v) is 9.71. The molecule has 1 aliphatic rings. The van der Waals surface area contributed by atoms with E-state index in [0.29, 0.717) is 19.4 Å². The van der Waals surface area contributed by atoms with Crippen LogP contribution in [0, 0.1) is 0 Å². The third-order valence-electron chi connectivity index (χ3n) is 3.91. The molecular formula is C15H22N2O5S2. The number of amides is 1. The fourth-order valence-corrected chi connectivity index (χ4v) is 4.94. The van der Waals surface area contributed by atoms with Gasteiger partial charge in [0.2, 0.25) is 15.9 Å². The Kier molecular flexibility index (Phi) is 5.67. The van der Waals surface area contributed by atoms with E-state index >= 15 is 0 Å². The molecule has 1 heterocycles. The van der Waals surface area contributed by atoms with Crippen LogP contribution in [0.25, 0.3) is 0 Å². The van der Waals surface area contributed by atoms with Crippen molar-refractivity contribution >= 4 is 25.8 Å². The van der Waals surface area contributed by atoms with E-state index in [4.69, 9.17) is 0 Å². The minimum Gasteiger partial charge on any atom is -0.355 e. The summed E-state index contributed by atoms with van der Waals surface area (Å²) >= 11 is 0. The highest BCUT2D eigenvalue weighted by molar-refractivity contribution is 7.90. The zero-order chi connectivity index (χ0) is 18.0. The number of benzene rings is 1. The minimum absolute atomic E-state index is 0.00917. The van der Waals surface area contributed by atoms with Gasteiger partial charge >= 0.3 is 0 Å². The predicted octanol–water partition coefficient (Wildman–Crippen LogP) is 0.769. The van der Waals surface area contributed by atoms with Crippen molar-refractivity contribution < 1.29 is 21.6 Å². The van der Waals surface area contributed by atoms with Gasteiger partial charge in [-0.3, -0.25) is 4.79 Å². The van der Waals surface area contributed by atoms with Crippen LogP contribution in [0.1, 0.15) is 26.2 Å². The molecule has 0 bridgehead atoms. The van der Waals surface area contributed by atoms with Crippen LogP contribution in [0.2, 0.25) is 0 Å². The maximum Gasteiger partial charge on any atom is 0.243 e. The maximum atomic E-state index is 12.8. The van der Waals surface area contributed by atoms with Crippen LogP contribution in [0.4, 0.5) is 0 Å². The summed E-state index contributed by atoms with van der Waals surface area (Å²) in [6.45, 7) is 2.71. The first-order valence-corrected chi connectivity index (χ1v) is 11.1. The van der Waals surface area contributed by atoms with E-state index in [1.54, 1.807) is 0 Å². The van der Waals surface area contributed by atoms with Gasteiger partial charge in [0.05, 0.1) is 9.79 Å². The van der Waals surface area contributed by atoms with Gasteiger partial charge in [0.15, 0.2) is 9.84 Å². The topological polar surface area (TPSA) is 101 Å². The molecule has 0 aliphatic carbocycles. The van der Waals surface area contributed by atoms with Gasteiger partial charge in [-0.1, -0.05) is 6.92 Å². The highest BCUT2D eigenvalue weighted by atomic mass is 32.2. The molecule has 1 aromatic carbocycles. The van der Waals surface area contributed by atoms with E-state index in [9.17, 15) is 21.6 Å². The summed E-state index contributed by atoms with van der Waals surface area (Å²) in [6.07, 6.45) is 2.93. The summed E-state index contributed by atoms with van der Waals surface area (Å²) in [5, 5.41) is 2.73. The van der Waals surface area contributed by atoms with Gasteiger partial charge in [-0.25, -0.2) is 16.8 Å². The summed E-state index contributed by atoms with van der Waals surface area (Å²) in [5.41, 5.74) is 0. The molecule has 7 nitrogen and oxygen atoms in total. The lowest BCUT2D eigenvalue weighted by Crippen LogP contribution is -2.46. The Morgan fingerprint density at radius 2 is 1.75 bits per heavy atom. The lowest BCUT2D eigenvalue weighted by molar-refractivity contribution is -0.124. The van der Waals surface area contributed by atoms with E-state index in [1.807, 2.05) is 6.92 Å². The van der Waals surface area contributed by atoms with E-state index in [0.717, 1.165) is 12.7 Å². The van der Waals surface area contributed by atoms with Crippen LogP contribution in [0.3, 0.4) is 0 Å². The molecule has 1 amide bonds. The first-order valence-electron chi connectivity index (χ1n) is 7.77. The summed E-state index contributed by atoms with van der Waals surface area (Å²) in [5.74, 6) is -0.286. The molecule has 1 N–H and O–H groups in total. The number of hydrogen-bond acceptors (Lipinski definition) is 5. The largest absolute Gasteiger partial charge is 0.355 e. The average Bonchev–Trinajstić information content (AvgIpc) is 3.02. The van der Waals surface area contributed by atoms with E-state index in [2.05, 4.69) is 5.32 Å². The number of sulfonamides is 1. The van der Waals surface area contributed by atoms with E-state index in [1.165, 1.54) is 28.6 Å². The van der Waals surface area contributed by atoms with Crippen LogP contribution < -0.4 is 5.32 Å². The Bertz CT molecular complexity index is 801. The van der Waals surface area contributed by atoms with E-state index < -0.39 is 25.9 Å². The van der Waals surface area contributed by atoms with Crippen molar-refractivity contribution in [2.45, 2.75) is 42.0 Å². The molecule has 0 aromatic heterocycles. The predicted molar refractivity (Wildman–Crippen MR) is 89.8 cm³/mol. The summed E-state index contributed by atoms with van der Waals surface area (Å²) in [7, 11) is -7.23. The van der Waals surface area contributed by atoms with Crippen LogP contribution in [0.15, 0.2) is 34.1 Å². The van der Waals surface area contributed by atoms with Crippen molar-refractivity contribution in [1.82, 2.24) is 9.62 Å². The van der Waals surface area contributed by atoms with Crippen molar-refractivity contribution in [1.29, 1.82) is 0 Å². The number of hydrogen-bond donors (Lipinski definition) is 1. The molecule has 2 rings (SSSR count). The second-order valence-electron chi connectivity index (χ2n) is 5.81. The van der Waals surface area contributed by atoms with Crippen LogP contribution in [0.5, 0.6) is 0 Å². The Morgan fingerprint density at radius 3 is 2.29 bits per heavy atom. The zero-order valence-electron chi connectivity index (χ0n) is 13.7. The Balaban J connectivity index is 2.27. The van der Waals surface area contributed by atoms with Crippen molar-refractivity contribution in [2.24, 2.45) is 0 Å². The van der Waals surface area contributed by atoms with Crippen molar-refractivity contribution in [3.8, 4) is 0 Å². The normalized spacial score (nSPS) is 19.3. The lowest BCUT2D eigenvalue weighted by atomic mass is 10.2. The van der Waals surface area contributed by atoms with Gasteiger partial charge in [-0.2, -0.15) is 4.31 Å². The third kappa shape index (κ3) is 3.96. The number of sulfone groups is 1. The highest BCUT2D eigenvalue weighted by Gasteiger charge is 2.39. The monoisotopic (exact) mass is 374 g/mol. The maximum absolute atomic E-state index is 12.8. The van der Waals surface area contributed by atoms with Crippen molar-refractivity contribution in [3.63, 3.8) is 0 Å². The minimum atomic E-state index is -3.84. The molecule has 1 saturated heterocycles. The Hall–Kier alpha value is -1.45. The molecule has 0 saturated carbocycles. The standard InChI is InChI=1S/C15H22N2O5S2/c1-3-10-16-15(18)14-5-4-11-17(14)24(21,22)13-8-6-12(7-9-13)23(2,19)20/h6-9,14H,3-5,10-11H2,1-2H3,(H,16,18). The quantitative estimate of drug-likeness (QED) is 0.793. The number of carbonyl (C=O) groups is 1. The average molecular weight is 374 g/mol. The molecule has 0 radical (unpaired) electrons. The van der Waals surface area contributed by atoms with Gasteiger partial charge in [0.25, 0.3) is 0 Å². The van der Waals surface area contributed by atoms with Gasteiger partial charge in [-0.15, -0.1) is 0 Å². The summed E-state index contributed by atoms with van der Waals surface area (Å²) in [4.78, 5) is 12.2. The Morgan fingerprint density at radius 1 is 1.17 bits per heavy atom. The fourth-order valence-electron chi connectivity index (χ4n) is 2.65. The molecule has 24 heavy (non-hydrogen) atoms. The molecule has 1 aliphatic heterocycles. The lowest BCUT2D eigenvalue weighted by Gasteiger charge is -2.23. The molecule has 1 atom stereocenters. The summed E-state index contributed by atoms with van der Waals surface area (Å²) < 4.78 is 49.7. The molecular weight excluding hydrogens is 352 g/mol. The molecule has 1 fully saturated rings. The van der Waals surface area contributed by atoms with Gasteiger partial charge in [-0.05, 0) is 43.5 Å². The summed E-state index contributed by atoms with van der Waals surface area (Å²) in [6, 6.07) is 4.36. The molecule has 0 spiro atoms. The second kappa shape index (κ2) is 7.20. The fraction of sp³-hybridized carbons (Fsp3) is 0.533. The number of carbonyl (C=O) groups excluding carboxylic acids is 1. The smallest absolute Gasteiger partial charge is 0.243 e. The SMILES string of the molecule is CCCNC(=O)C1CCCN1S(=O)(=O)c1ccc(S(C)(=O)=O)cc1. The third-order valence-corrected chi connectivity index (χ3v) is 6.96. The van der Waals surface area contributed by atoms with Gasteiger partial charge < -0.3 is 5.32 Å².